The van der Waals surface area contributed by atoms with E-state index in [4.69, 9.17) is 10.5 Å². The first-order chi connectivity index (χ1) is 9.88. The van der Waals surface area contributed by atoms with E-state index in [2.05, 4.69) is 70.0 Å². The molecule has 0 bridgehead atoms. The van der Waals surface area contributed by atoms with Crippen molar-refractivity contribution in [1.29, 1.82) is 0 Å². The molecule has 4 heteroatoms. The molecule has 3 rings (SSSR count). The molecular formula is C17H17Br2NO. The topological polar surface area (TPSA) is 35.2 Å². The Bertz CT molecular complexity index is 667. The van der Waals surface area contributed by atoms with Gasteiger partial charge in [0.1, 0.15) is 11.4 Å². The van der Waals surface area contributed by atoms with Gasteiger partial charge in [-0.25, -0.2) is 0 Å². The van der Waals surface area contributed by atoms with Gasteiger partial charge in [-0.05, 0) is 49.2 Å². The maximum atomic E-state index is 6.40. The van der Waals surface area contributed by atoms with Crippen molar-refractivity contribution in [3.8, 4) is 16.9 Å². The molecule has 2 unspecified atom stereocenters. The van der Waals surface area contributed by atoms with Crippen molar-refractivity contribution >= 4 is 31.9 Å². The molecule has 0 aromatic heterocycles. The molecule has 21 heavy (non-hydrogen) atoms. The lowest BCUT2D eigenvalue weighted by Gasteiger charge is -2.40. The first-order valence-corrected chi connectivity index (χ1v) is 8.58. The minimum Gasteiger partial charge on any atom is -0.486 e. The monoisotopic (exact) mass is 409 g/mol. The second kappa shape index (κ2) is 5.41. The number of rotatable bonds is 1. The Hall–Kier alpha value is -0.840. The van der Waals surface area contributed by atoms with E-state index < -0.39 is 0 Å². The zero-order valence-electron chi connectivity index (χ0n) is 11.9. The van der Waals surface area contributed by atoms with Crippen LogP contribution >= 0.6 is 31.9 Å². The largest absolute Gasteiger partial charge is 0.486 e. The number of halogens is 2. The summed E-state index contributed by atoms with van der Waals surface area (Å²) >= 11 is 7.14. The van der Waals surface area contributed by atoms with Crippen LogP contribution in [0.5, 0.6) is 5.75 Å². The standard InChI is InChI=1S/C17H17Br2NO/c1-17(2)16(19)15(20)13-9-11(5-8-14(13)21-17)10-3-6-12(18)7-4-10/h3-9,15-16H,20H2,1-2H3. The minimum absolute atomic E-state index is 0.0812. The lowest BCUT2D eigenvalue weighted by molar-refractivity contribution is 0.0825. The number of nitrogens with two attached hydrogens (primary N) is 1. The quantitative estimate of drug-likeness (QED) is 0.667. The molecule has 2 N–H and O–H groups in total. The van der Waals surface area contributed by atoms with Crippen molar-refractivity contribution in [3.05, 3.63) is 52.5 Å². The summed E-state index contributed by atoms with van der Waals surface area (Å²) in [6, 6.07) is 14.4. The summed E-state index contributed by atoms with van der Waals surface area (Å²) in [4.78, 5) is 0.0812. The molecule has 1 aliphatic rings. The van der Waals surface area contributed by atoms with Gasteiger partial charge in [0.15, 0.2) is 0 Å². The average Bonchev–Trinajstić information content (AvgIpc) is 2.45. The predicted molar refractivity (Wildman–Crippen MR) is 93.9 cm³/mol. The molecular weight excluding hydrogens is 394 g/mol. The SMILES string of the molecule is CC1(C)Oc2ccc(-c3ccc(Br)cc3)cc2C(N)C1Br. The molecule has 1 heterocycles. The molecule has 0 spiro atoms. The molecule has 0 saturated heterocycles. The minimum atomic E-state index is -0.314. The summed E-state index contributed by atoms with van der Waals surface area (Å²) in [6.07, 6.45) is 0. The van der Waals surface area contributed by atoms with Crippen molar-refractivity contribution in [2.24, 2.45) is 5.73 Å². The molecule has 0 saturated carbocycles. The van der Waals surface area contributed by atoms with Gasteiger partial charge >= 0.3 is 0 Å². The highest BCUT2D eigenvalue weighted by Crippen LogP contribution is 2.43. The highest BCUT2D eigenvalue weighted by atomic mass is 79.9. The van der Waals surface area contributed by atoms with Crippen LogP contribution < -0.4 is 10.5 Å². The Morgan fingerprint density at radius 1 is 1.05 bits per heavy atom. The zero-order chi connectivity index (χ0) is 15.2. The van der Waals surface area contributed by atoms with E-state index in [-0.39, 0.29) is 16.5 Å². The third-order valence-electron chi connectivity index (χ3n) is 3.90. The van der Waals surface area contributed by atoms with Crippen LogP contribution in [0.4, 0.5) is 0 Å². The number of hydrogen-bond donors (Lipinski definition) is 1. The Kier molecular flexibility index (Phi) is 3.89. The fourth-order valence-corrected chi connectivity index (χ4v) is 3.30. The molecule has 0 radical (unpaired) electrons. The van der Waals surface area contributed by atoms with E-state index in [1.807, 2.05) is 18.2 Å². The summed E-state index contributed by atoms with van der Waals surface area (Å²) < 4.78 is 7.15. The molecule has 110 valence electrons. The van der Waals surface area contributed by atoms with Crippen LogP contribution in [-0.2, 0) is 0 Å². The summed E-state index contributed by atoms with van der Waals surface area (Å²) in [6.45, 7) is 4.11. The summed E-state index contributed by atoms with van der Waals surface area (Å²) in [5.41, 5.74) is 9.46. The molecule has 0 amide bonds. The van der Waals surface area contributed by atoms with E-state index in [1.165, 1.54) is 5.56 Å². The molecule has 2 atom stereocenters. The van der Waals surface area contributed by atoms with Crippen molar-refractivity contribution in [2.45, 2.75) is 30.3 Å². The third-order valence-corrected chi connectivity index (χ3v) is 6.10. The summed E-state index contributed by atoms with van der Waals surface area (Å²) in [5.74, 6) is 0.879. The van der Waals surface area contributed by atoms with Gasteiger partial charge < -0.3 is 10.5 Å². The molecule has 0 fully saturated rings. The maximum Gasteiger partial charge on any atom is 0.125 e. The van der Waals surface area contributed by atoms with Crippen LogP contribution in [-0.4, -0.2) is 10.4 Å². The van der Waals surface area contributed by atoms with Crippen molar-refractivity contribution in [2.75, 3.05) is 0 Å². The first kappa shape index (κ1) is 15.1. The maximum absolute atomic E-state index is 6.40. The zero-order valence-corrected chi connectivity index (χ0v) is 15.1. The predicted octanol–water partition coefficient (Wildman–Crippen LogP) is 5.05. The number of alkyl halides is 1. The Labute approximate surface area is 141 Å². The lowest BCUT2D eigenvalue weighted by Crippen LogP contribution is -2.47. The van der Waals surface area contributed by atoms with E-state index in [1.54, 1.807) is 0 Å². The fourth-order valence-electron chi connectivity index (χ4n) is 2.65. The van der Waals surface area contributed by atoms with E-state index >= 15 is 0 Å². The molecule has 2 nitrogen and oxygen atoms in total. The summed E-state index contributed by atoms with van der Waals surface area (Å²) in [7, 11) is 0. The molecule has 2 aromatic rings. The smallest absolute Gasteiger partial charge is 0.125 e. The Morgan fingerprint density at radius 3 is 2.33 bits per heavy atom. The third kappa shape index (κ3) is 2.77. The lowest BCUT2D eigenvalue weighted by atomic mass is 9.88. The van der Waals surface area contributed by atoms with Gasteiger partial charge in [-0.3, -0.25) is 0 Å². The normalized spacial score (nSPS) is 23.3. The summed E-state index contributed by atoms with van der Waals surface area (Å²) in [5, 5.41) is 0. The average molecular weight is 411 g/mol. The second-order valence-electron chi connectivity index (χ2n) is 5.89. The van der Waals surface area contributed by atoms with Gasteiger partial charge in [0.05, 0.1) is 4.83 Å². The van der Waals surface area contributed by atoms with Gasteiger partial charge in [-0.2, -0.15) is 0 Å². The highest BCUT2D eigenvalue weighted by Gasteiger charge is 2.40. The highest BCUT2D eigenvalue weighted by molar-refractivity contribution is 9.10. The number of fused-ring (bicyclic) bond motifs is 1. The van der Waals surface area contributed by atoms with Crippen molar-refractivity contribution in [1.82, 2.24) is 0 Å². The Balaban J connectivity index is 2.04. The van der Waals surface area contributed by atoms with Crippen molar-refractivity contribution < 1.29 is 4.74 Å². The van der Waals surface area contributed by atoms with Crippen LogP contribution in [0, 0.1) is 0 Å². The second-order valence-corrected chi connectivity index (χ2v) is 7.79. The van der Waals surface area contributed by atoms with Crippen LogP contribution in [0.1, 0.15) is 25.5 Å². The van der Waals surface area contributed by atoms with E-state index in [9.17, 15) is 0 Å². The first-order valence-electron chi connectivity index (χ1n) is 6.87. The van der Waals surface area contributed by atoms with Crippen molar-refractivity contribution in [3.63, 3.8) is 0 Å². The Morgan fingerprint density at radius 2 is 1.67 bits per heavy atom. The van der Waals surface area contributed by atoms with Crippen LogP contribution in [0.25, 0.3) is 11.1 Å². The van der Waals surface area contributed by atoms with Gasteiger partial charge in [0.25, 0.3) is 0 Å². The van der Waals surface area contributed by atoms with Gasteiger partial charge in [-0.15, -0.1) is 0 Å². The van der Waals surface area contributed by atoms with Crippen LogP contribution in [0.15, 0.2) is 46.9 Å². The van der Waals surface area contributed by atoms with E-state index in [0.717, 1.165) is 21.3 Å². The van der Waals surface area contributed by atoms with Crippen LogP contribution in [0.3, 0.4) is 0 Å². The van der Waals surface area contributed by atoms with Gasteiger partial charge in [-0.1, -0.05) is 50.1 Å². The van der Waals surface area contributed by atoms with Gasteiger partial charge in [0.2, 0.25) is 0 Å². The van der Waals surface area contributed by atoms with E-state index in [0.29, 0.717) is 0 Å². The van der Waals surface area contributed by atoms with Gasteiger partial charge in [0, 0.05) is 16.1 Å². The number of benzene rings is 2. The molecule has 2 aromatic carbocycles. The molecule has 1 aliphatic heterocycles. The fraction of sp³-hybridized carbons (Fsp3) is 0.294. The van der Waals surface area contributed by atoms with Crippen LogP contribution in [0.2, 0.25) is 0 Å². The number of ether oxygens (including phenoxy) is 1. The molecule has 0 aliphatic carbocycles. The number of hydrogen-bond acceptors (Lipinski definition) is 2.